The maximum Gasteiger partial charge on any atom is 0.100 e. The van der Waals surface area contributed by atoms with E-state index in [4.69, 9.17) is 0 Å². The van der Waals surface area contributed by atoms with Crippen LogP contribution in [0.4, 0.5) is 0 Å². The number of aliphatic hydroxyl groups is 1. The lowest BCUT2D eigenvalue weighted by Crippen LogP contribution is -2.14. The largest absolute Gasteiger partial charge is 0.386 e. The summed E-state index contributed by atoms with van der Waals surface area (Å²) in [5.41, 5.74) is 0.997. The Labute approximate surface area is 116 Å². The van der Waals surface area contributed by atoms with E-state index in [9.17, 15) is 5.11 Å². The van der Waals surface area contributed by atoms with Gasteiger partial charge in [0.25, 0.3) is 0 Å². The summed E-state index contributed by atoms with van der Waals surface area (Å²) in [6, 6.07) is 0. The van der Waals surface area contributed by atoms with E-state index in [-0.39, 0.29) is 6.10 Å². The summed E-state index contributed by atoms with van der Waals surface area (Å²) < 4.78 is 2.90. The van der Waals surface area contributed by atoms with Crippen LogP contribution in [0.5, 0.6) is 0 Å². The van der Waals surface area contributed by atoms with Crippen LogP contribution in [0.3, 0.4) is 0 Å². The fourth-order valence-electron chi connectivity index (χ4n) is 4.92. The van der Waals surface area contributed by atoms with Gasteiger partial charge in [-0.25, -0.2) is 0 Å². The van der Waals surface area contributed by atoms with E-state index in [1.165, 1.54) is 19.3 Å². The average molecular weight is 311 g/mol. The highest BCUT2D eigenvalue weighted by molar-refractivity contribution is 9.10. The molecule has 3 saturated carbocycles. The van der Waals surface area contributed by atoms with Crippen molar-refractivity contribution in [1.29, 1.82) is 0 Å². The Hall–Kier alpha value is -0.350. The van der Waals surface area contributed by atoms with E-state index in [0.29, 0.717) is 5.92 Å². The van der Waals surface area contributed by atoms with E-state index < -0.39 is 0 Å². The molecular weight excluding hydrogens is 292 g/mol. The summed E-state index contributed by atoms with van der Waals surface area (Å²) in [6.07, 6.45) is 5.74. The SMILES string of the molecule is CCn1ncc(Br)c1C(O)C1C2C3CCC(C3)C21. The molecule has 0 saturated heterocycles. The summed E-state index contributed by atoms with van der Waals surface area (Å²) in [5.74, 6) is 3.96. The highest BCUT2D eigenvalue weighted by atomic mass is 79.9. The molecule has 3 aliphatic rings. The van der Waals surface area contributed by atoms with Gasteiger partial charge in [0.2, 0.25) is 0 Å². The van der Waals surface area contributed by atoms with Gasteiger partial charge in [0.15, 0.2) is 0 Å². The quantitative estimate of drug-likeness (QED) is 0.932. The molecule has 3 fully saturated rings. The number of halogens is 1. The highest BCUT2D eigenvalue weighted by Crippen LogP contribution is 2.72. The molecule has 3 aliphatic carbocycles. The van der Waals surface area contributed by atoms with Crippen LogP contribution in [0.1, 0.15) is 38.0 Å². The topological polar surface area (TPSA) is 38.0 Å². The van der Waals surface area contributed by atoms with Gasteiger partial charge in [0.05, 0.1) is 16.4 Å². The highest BCUT2D eigenvalue weighted by Gasteiger charge is 2.67. The van der Waals surface area contributed by atoms with E-state index >= 15 is 0 Å². The number of aryl methyl sites for hydroxylation is 1. The number of aliphatic hydroxyl groups excluding tert-OH is 1. The number of fused-ring (bicyclic) bond motifs is 5. The van der Waals surface area contributed by atoms with Crippen molar-refractivity contribution in [2.45, 2.75) is 38.8 Å². The van der Waals surface area contributed by atoms with Crippen molar-refractivity contribution in [3.63, 3.8) is 0 Å². The van der Waals surface area contributed by atoms with Gasteiger partial charge >= 0.3 is 0 Å². The molecule has 2 bridgehead atoms. The zero-order valence-electron chi connectivity index (χ0n) is 10.6. The van der Waals surface area contributed by atoms with Crippen LogP contribution in [0.2, 0.25) is 0 Å². The fraction of sp³-hybridized carbons (Fsp3) is 0.786. The van der Waals surface area contributed by atoms with Gasteiger partial charge in [0, 0.05) is 6.54 Å². The monoisotopic (exact) mass is 310 g/mol. The van der Waals surface area contributed by atoms with Crippen LogP contribution in [0, 0.1) is 29.6 Å². The molecule has 1 N–H and O–H groups in total. The van der Waals surface area contributed by atoms with Crippen LogP contribution in [-0.4, -0.2) is 14.9 Å². The first-order chi connectivity index (χ1) is 8.72. The molecule has 5 unspecified atom stereocenters. The molecule has 0 radical (unpaired) electrons. The van der Waals surface area contributed by atoms with Crippen molar-refractivity contribution < 1.29 is 5.11 Å². The molecule has 0 aliphatic heterocycles. The van der Waals surface area contributed by atoms with E-state index in [2.05, 4.69) is 28.0 Å². The predicted molar refractivity (Wildman–Crippen MR) is 71.9 cm³/mol. The normalized spacial score (nSPS) is 42.1. The van der Waals surface area contributed by atoms with E-state index in [1.54, 1.807) is 0 Å². The van der Waals surface area contributed by atoms with Gasteiger partial charge in [-0.2, -0.15) is 5.10 Å². The smallest absolute Gasteiger partial charge is 0.100 e. The van der Waals surface area contributed by atoms with Crippen LogP contribution in [0.25, 0.3) is 0 Å². The number of rotatable bonds is 3. The van der Waals surface area contributed by atoms with Crippen LogP contribution >= 0.6 is 15.9 Å². The van der Waals surface area contributed by atoms with Crippen molar-refractivity contribution in [2.24, 2.45) is 29.6 Å². The van der Waals surface area contributed by atoms with Crippen LogP contribution in [0.15, 0.2) is 10.7 Å². The van der Waals surface area contributed by atoms with E-state index in [1.807, 2.05) is 10.9 Å². The molecule has 4 heteroatoms. The van der Waals surface area contributed by atoms with Crippen molar-refractivity contribution in [3.8, 4) is 0 Å². The number of hydrogen-bond donors (Lipinski definition) is 1. The Morgan fingerprint density at radius 2 is 2.11 bits per heavy atom. The molecule has 18 heavy (non-hydrogen) atoms. The molecule has 1 aromatic rings. The standard InChI is InChI=1S/C14H19BrN2O/c1-2-17-13(9(15)6-16-17)14(18)12-10-7-3-4-8(5-7)11(10)12/h6-8,10-12,14,18H,2-5H2,1H3. The van der Waals surface area contributed by atoms with Gasteiger partial charge in [-0.1, -0.05) is 0 Å². The maximum atomic E-state index is 10.7. The zero-order valence-corrected chi connectivity index (χ0v) is 12.2. The lowest BCUT2D eigenvalue weighted by molar-refractivity contribution is 0.119. The molecule has 5 atom stereocenters. The first-order valence-corrected chi connectivity index (χ1v) is 7.91. The fourth-order valence-corrected chi connectivity index (χ4v) is 5.45. The Balaban J connectivity index is 1.61. The van der Waals surface area contributed by atoms with E-state index in [0.717, 1.165) is 40.4 Å². The maximum absolute atomic E-state index is 10.7. The third-order valence-electron chi connectivity index (χ3n) is 5.57. The zero-order chi connectivity index (χ0) is 12.4. The third kappa shape index (κ3) is 1.36. The Kier molecular flexibility index (Phi) is 2.44. The summed E-state index contributed by atoms with van der Waals surface area (Å²) in [4.78, 5) is 0. The first kappa shape index (κ1) is 11.5. The Morgan fingerprint density at radius 1 is 1.44 bits per heavy atom. The van der Waals surface area contributed by atoms with Crippen molar-refractivity contribution in [3.05, 3.63) is 16.4 Å². The van der Waals surface area contributed by atoms with Gasteiger partial charge in [0.1, 0.15) is 6.10 Å². The molecule has 1 aromatic heterocycles. The molecule has 1 heterocycles. The summed E-state index contributed by atoms with van der Waals surface area (Å²) in [5, 5.41) is 15.0. The first-order valence-electron chi connectivity index (χ1n) is 7.11. The minimum atomic E-state index is -0.319. The molecule has 0 amide bonds. The molecular formula is C14H19BrN2O. The molecule has 0 spiro atoms. The van der Waals surface area contributed by atoms with Gasteiger partial charge in [-0.15, -0.1) is 0 Å². The molecule has 4 rings (SSSR count). The molecule has 98 valence electrons. The Bertz CT molecular complexity index is 470. The van der Waals surface area contributed by atoms with Gasteiger partial charge in [-0.3, -0.25) is 4.68 Å². The second-order valence-corrected chi connectivity index (χ2v) is 7.06. The van der Waals surface area contributed by atoms with Crippen LogP contribution < -0.4 is 0 Å². The van der Waals surface area contributed by atoms with Gasteiger partial charge < -0.3 is 5.11 Å². The summed E-state index contributed by atoms with van der Waals surface area (Å²) >= 11 is 3.54. The van der Waals surface area contributed by atoms with Crippen LogP contribution in [-0.2, 0) is 6.54 Å². The van der Waals surface area contributed by atoms with Crippen molar-refractivity contribution >= 4 is 15.9 Å². The van der Waals surface area contributed by atoms with Gasteiger partial charge in [-0.05, 0) is 71.7 Å². The Morgan fingerprint density at radius 3 is 2.72 bits per heavy atom. The number of aromatic nitrogens is 2. The predicted octanol–water partition coefficient (Wildman–Crippen LogP) is 2.99. The number of hydrogen-bond acceptors (Lipinski definition) is 2. The number of nitrogens with zero attached hydrogens (tertiary/aromatic N) is 2. The second kappa shape index (κ2) is 3.83. The minimum absolute atomic E-state index is 0.319. The lowest BCUT2D eigenvalue weighted by atomic mass is 9.97. The third-order valence-corrected chi connectivity index (χ3v) is 6.18. The second-order valence-electron chi connectivity index (χ2n) is 6.20. The minimum Gasteiger partial charge on any atom is -0.386 e. The summed E-state index contributed by atoms with van der Waals surface area (Å²) in [7, 11) is 0. The molecule has 3 nitrogen and oxygen atoms in total. The lowest BCUT2D eigenvalue weighted by Gasteiger charge is -2.17. The molecule has 0 aromatic carbocycles. The summed E-state index contributed by atoms with van der Waals surface area (Å²) in [6.45, 7) is 2.90. The van der Waals surface area contributed by atoms with Crippen molar-refractivity contribution in [2.75, 3.05) is 0 Å². The average Bonchev–Trinajstić information content (AvgIpc) is 2.71. The van der Waals surface area contributed by atoms with Crippen molar-refractivity contribution in [1.82, 2.24) is 9.78 Å².